The SMILES string of the molecule is CCCCOP(=O)(OCCCC)O[C@]1(C(=O)OC)C[C@@H](OC(C)=O)[C@@H](C)C([C@H](OC(C)=O)[C@@H](CC)OC(C)=O)O1. The first kappa shape index (κ1) is 36.0. The molecule has 1 saturated heterocycles. The molecule has 0 saturated carbocycles. The van der Waals surface area contributed by atoms with Crippen LogP contribution in [0.5, 0.6) is 0 Å². The maximum atomic E-state index is 13.8. The maximum absolute atomic E-state index is 13.8. The summed E-state index contributed by atoms with van der Waals surface area (Å²) in [6.45, 7) is 10.7. The van der Waals surface area contributed by atoms with E-state index in [9.17, 15) is 23.7 Å². The molecule has 0 aromatic rings. The van der Waals surface area contributed by atoms with Crippen LogP contribution < -0.4 is 0 Å². The largest absolute Gasteiger partial charge is 0.477 e. The summed E-state index contributed by atoms with van der Waals surface area (Å²) in [5.41, 5.74) is 0. The number of carbonyl (C=O) groups excluding carboxylic acids is 4. The lowest BCUT2D eigenvalue weighted by molar-refractivity contribution is -0.299. The summed E-state index contributed by atoms with van der Waals surface area (Å²) in [4.78, 5) is 49.4. The molecule has 1 unspecified atom stereocenters. The van der Waals surface area contributed by atoms with E-state index in [0.717, 1.165) is 26.9 Å². The topological polar surface area (TPSA) is 159 Å². The minimum Gasteiger partial charge on any atom is -0.465 e. The second-order valence-corrected chi connectivity index (χ2v) is 11.2. The van der Waals surface area contributed by atoms with Crippen LogP contribution in [0.15, 0.2) is 0 Å². The van der Waals surface area contributed by atoms with Gasteiger partial charge in [0.1, 0.15) is 18.3 Å². The molecule has 0 aliphatic carbocycles. The first-order chi connectivity index (χ1) is 18.8. The van der Waals surface area contributed by atoms with Gasteiger partial charge in [-0.15, -0.1) is 0 Å². The van der Waals surface area contributed by atoms with E-state index in [1.165, 1.54) is 13.8 Å². The fraction of sp³-hybridized carbons (Fsp3) is 0.846. The van der Waals surface area contributed by atoms with E-state index < -0.39 is 74.2 Å². The molecule has 6 atom stereocenters. The van der Waals surface area contributed by atoms with Crippen molar-refractivity contribution >= 4 is 31.7 Å². The van der Waals surface area contributed by atoms with Crippen LogP contribution in [-0.4, -0.2) is 74.4 Å². The molecule has 1 rings (SSSR count). The number of esters is 4. The molecule has 13 nitrogen and oxygen atoms in total. The predicted octanol–water partition coefficient (Wildman–Crippen LogP) is 4.24. The molecular formula is C26H45O13P. The predicted molar refractivity (Wildman–Crippen MR) is 141 cm³/mol. The summed E-state index contributed by atoms with van der Waals surface area (Å²) in [5, 5.41) is 0. The van der Waals surface area contributed by atoms with Gasteiger partial charge in [0, 0.05) is 26.7 Å². The van der Waals surface area contributed by atoms with Crippen molar-refractivity contribution in [3.8, 4) is 0 Å². The molecule has 1 aliphatic heterocycles. The quantitative estimate of drug-likeness (QED) is 0.102. The van der Waals surface area contributed by atoms with Gasteiger partial charge in [0.25, 0.3) is 5.79 Å². The van der Waals surface area contributed by atoms with Crippen LogP contribution in [0.1, 0.15) is 87.0 Å². The van der Waals surface area contributed by atoms with Crippen molar-refractivity contribution in [1.29, 1.82) is 0 Å². The average Bonchev–Trinajstić information content (AvgIpc) is 2.87. The number of carbonyl (C=O) groups is 4. The average molecular weight is 597 g/mol. The molecule has 1 heterocycles. The Morgan fingerprint density at radius 1 is 0.925 bits per heavy atom. The van der Waals surface area contributed by atoms with Crippen molar-refractivity contribution < 1.29 is 61.0 Å². The Kier molecular flexibility index (Phi) is 15.3. The second-order valence-electron chi connectivity index (χ2n) is 9.58. The molecule has 40 heavy (non-hydrogen) atoms. The zero-order valence-corrected chi connectivity index (χ0v) is 25.7. The Bertz CT molecular complexity index is 880. The third-order valence-corrected chi connectivity index (χ3v) is 7.70. The molecule has 0 amide bonds. The van der Waals surface area contributed by atoms with E-state index in [1.54, 1.807) is 13.8 Å². The first-order valence-electron chi connectivity index (χ1n) is 13.7. The lowest BCUT2D eigenvalue weighted by atomic mass is 9.84. The Morgan fingerprint density at radius 3 is 1.90 bits per heavy atom. The first-order valence-corrected chi connectivity index (χ1v) is 15.1. The molecule has 0 aromatic carbocycles. The van der Waals surface area contributed by atoms with Gasteiger partial charge in [-0.3, -0.25) is 23.4 Å². The van der Waals surface area contributed by atoms with E-state index in [4.69, 9.17) is 37.3 Å². The third-order valence-electron chi connectivity index (χ3n) is 6.18. The summed E-state index contributed by atoms with van der Waals surface area (Å²) in [6, 6.07) is 0. The highest BCUT2D eigenvalue weighted by atomic mass is 31.2. The molecule has 1 fully saturated rings. The van der Waals surface area contributed by atoms with Crippen molar-refractivity contribution in [1.82, 2.24) is 0 Å². The van der Waals surface area contributed by atoms with Gasteiger partial charge < -0.3 is 23.7 Å². The minimum absolute atomic E-state index is 0.00476. The Labute approximate surface area is 236 Å². The molecule has 1 aliphatic rings. The summed E-state index contributed by atoms with van der Waals surface area (Å²) >= 11 is 0. The van der Waals surface area contributed by atoms with Crippen LogP contribution in [-0.2, 0) is 61.0 Å². The van der Waals surface area contributed by atoms with E-state index >= 15 is 0 Å². The van der Waals surface area contributed by atoms with Crippen molar-refractivity contribution in [3.05, 3.63) is 0 Å². The summed E-state index contributed by atoms with van der Waals surface area (Å²) < 4.78 is 58.4. The number of rotatable bonds is 17. The Hall–Kier alpha value is -2.05. The lowest BCUT2D eigenvalue weighted by Crippen LogP contribution is -2.62. The van der Waals surface area contributed by atoms with Gasteiger partial charge in [0.05, 0.1) is 26.7 Å². The van der Waals surface area contributed by atoms with Crippen LogP contribution in [0, 0.1) is 5.92 Å². The van der Waals surface area contributed by atoms with Crippen molar-refractivity contribution in [2.24, 2.45) is 5.92 Å². The van der Waals surface area contributed by atoms with Crippen LogP contribution in [0.25, 0.3) is 0 Å². The van der Waals surface area contributed by atoms with Crippen LogP contribution in [0.2, 0.25) is 0 Å². The molecule has 232 valence electrons. The number of phosphoric ester groups is 1. The van der Waals surface area contributed by atoms with Crippen LogP contribution >= 0.6 is 7.82 Å². The van der Waals surface area contributed by atoms with Crippen LogP contribution in [0.4, 0.5) is 0 Å². The smallest absolute Gasteiger partial charge is 0.465 e. The van der Waals surface area contributed by atoms with Gasteiger partial charge in [-0.2, -0.15) is 0 Å². The molecule has 0 spiro atoms. The Morgan fingerprint density at radius 2 is 1.48 bits per heavy atom. The third kappa shape index (κ3) is 10.7. The fourth-order valence-electron chi connectivity index (χ4n) is 4.20. The van der Waals surface area contributed by atoms with E-state index in [1.807, 2.05) is 13.8 Å². The van der Waals surface area contributed by atoms with E-state index in [2.05, 4.69) is 0 Å². The van der Waals surface area contributed by atoms with Gasteiger partial charge in [0.2, 0.25) is 0 Å². The second kappa shape index (κ2) is 17.0. The lowest BCUT2D eigenvalue weighted by Gasteiger charge is -2.47. The maximum Gasteiger partial charge on any atom is 0.477 e. The summed E-state index contributed by atoms with van der Waals surface area (Å²) in [7, 11) is -3.38. The minimum atomic E-state index is -4.46. The standard InChI is InChI=1S/C26H45O13P/c1-9-12-14-33-40(31,34-15-13-10-2)39-26(25(30)32-8)16-22(36-19(6)28)17(4)23(38-26)24(37-20(7)29)21(11-3)35-18(5)27/h17,21-24H,9-16H2,1-8H3/t17-,21-,22-,23?,24-,26+/m1/s1. The van der Waals surface area contributed by atoms with Crippen LogP contribution in [0.3, 0.4) is 0 Å². The monoisotopic (exact) mass is 596 g/mol. The summed E-state index contributed by atoms with van der Waals surface area (Å²) in [5.74, 6) is -6.33. The zero-order valence-electron chi connectivity index (χ0n) is 24.8. The van der Waals surface area contributed by atoms with Crippen molar-refractivity contribution in [2.75, 3.05) is 20.3 Å². The Balaban J connectivity index is 3.70. The van der Waals surface area contributed by atoms with Gasteiger partial charge in [0.15, 0.2) is 6.10 Å². The molecule has 0 bridgehead atoms. The molecular weight excluding hydrogens is 551 g/mol. The number of phosphoric acid groups is 1. The number of hydrogen-bond acceptors (Lipinski definition) is 13. The molecule has 0 aromatic heterocycles. The van der Waals surface area contributed by atoms with Crippen molar-refractivity contribution in [2.45, 2.75) is 117 Å². The van der Waals surface area contributed by atoms with Gasteiger partial charge in [-0.25, -0.2) is 13.9 Å². The number of methoxy groups -OCH3 is 1. The van der Waals surface area contributed by atoms with Crippen molar-refractivity contribution in [3.63, 3.8) is 0 Å². The fourth-order valence-corrected chi connectivity index (χ4v) is 5.64. The van der Waals surface area contributed by atoms with Gasteiger partial charge in [-0.1, -0.05) is 40.5 Å². The van der Waals surface area contributed by atoms with E-state index in [-0.39, 0.29) is 19.6 Å². The number of hydrogen-bond donors (Lipinski definition) is 0. The number of unbranched alkanes of at least 4 members (excludes halogenated alkanes) is 2. The highest BCUT2D eigenvalue weighted by Gasteiger charge is 2.60. The molecule has 14 heteroatoms. The number of ether oxygens (including phenoxy) is 5. The van der Waals surface area contributed by atoms with Gasteiger partial charge in [-0.05, 0) is 19.3 Å². The molecule has 0 radical (unpaired) electrons. The highest BCUT2D eigenvalue weighted by Crippen LogP contribution is 2.56. The van der Waals surface area contributed by atoms with Gasteiger partial charge >= 0.3 is 31.7 Å². The molecule has 0 N–H and O–H groups in total. The zero-order chi connectivity index (χ0) is 30.5. The highest BCUT2D eigenvalue weighted by molar-refractivity contribution is 7.48. The summed E-state index contributed by atoms with van der Waals surface area (Å²) in [6.07, 6.45) is -2.33. The van der Waals surface area contributed by atoms with E-state index in [0.29, 0.717) is 12.8 Å². The normalized spacial score (nSPS) is 24.4.